The lowest BCUT2D eigenvalue weighted by Gasteiger charge is -2.34. The molecule has 272 valence electrons. The highest BCUT2D eigenvalue weighted by Gasteiger charge is 2.35. The number of halogens is 8. The average molecular weight is 696 g/mol. The summed E-state index contributed by atoms with van der Waals surface area (Å²) >= 11 is 0. The molecule has 0 N–H and O–H groups in total. The summed E-state index contributed by atoms with van der Waals surface area (Å²) in [4.78, 5) is 16.4. The quantitative estimate of drug-likeness (QED) is 0.0537. The zero-order chi connectivity index (χ0) is 33.4. The molecule has 0 aromatic heterocycles. The fourth-order valence-electron chi connectivity index (χ4n) is 3.21. The van der Waals surface area contributed by atoms with Crippen molar-refractivity contribution in [3.63, 3.8) is 0 Å². The van der Waals surface area contributed by atoms with Gasteiger partial charge in [-0.1, -0.05) is 0 Å². The van der Waals surface area contributed by atoms with Gasteiger partial charge in [0.15, 0.2) is 27.4 Å². The minimum Gasteiger partial charge on any atom is -0.378 e. The van der Waals surface area contributed by atoms with E-state index in [2.05, 4.69) is 49.4 Å². The van der Waals surface area contributed by atoms with Crippen LogP contribution in [0.2, 0.25) is 0 Å². The summed E-state index contributed by atoms with van der Waals surface area (Å²) in [5, 5.41) is 11.9. The minimum atomic E-state index is -1.47. The summed E-state index contributed by atoms with van der Waals surface area (Å²) in [6.07, 6.45) is -5.02. The Hall–Kier alpha value is -1.20. The summed E-state index contributed by atoms with van der Waals surface area (Å²) in [6, 6.07) is 0. The van der Waals surface area contributed by atoms with Crippen LogP contribution in [0.25, 0.3) is 0 Å². The van der Waals surface area contributed by atoms with E-state index in [1.54, 1.807) is 0 Å². The van der Waals surface area contributed by atoms with Crippen LogP contribution in [0.1, 0.15) is 0 Å². The smallest absolute Gasteiger partial charge is 0.188 e. The van der Waals surface area contributed by atoms with Crippen molar-refractivity contribution in [3.05, 3.63) is 0 Å². The Morgan fingerprint density at radius 2 is 0.711 bits per heavy atom. The Labute approximate surface area is 250 Å². The first-order valence-electron chi connectivity index (χ1n) is 12.6. The van der Waals surface area contributed by atoms with Gasteiger partial charge in [0, 0.05) is 0 Å². The third-order valence-electron chi connectivity index (χ3n) is 5.15. The molecule has 0 spiro atoms. The van der Waals surface area contributed by atoms with Crippen molar-refractivity contribution >= 4 is 0 Å². The third-order valence-corrected chi connectivity index (χ3v) is 5.15. The molecule has 0 aliphatic rings. The molecular weight excluding hydrogens is 660 g/mol. The molecular formula is C21H36F8O16. The van der Waals surface area contributed by atoms with Gasteiger partial charge >= 0.3 is 0 Å². The molecule has 0 fully saturated rings. The number of rotatable bonds is 36. The van der Waals surface area contributed by atoms with Gasteiger partial charge in [0.25, 0.3) is 0 Å². The largest absolute Gasteiger partial charge is 0.378 e. The van der Waals surface area contributed by atoms with E-state index in [0.717, 1.165) is 0 Å². The van der Waals surface area contributed by atoms with Crippen LogP contribution in [0.4, 0.5) is 35.7 Å². The summed E-state index contributed by atoms with van der Waals surface area (Å²) in [5.41, 5.74) is -1.47. The monoisotopic (exact) mass is 696 g/mol. The SMILES string of the molecule is FCOCC(COCC(COCC(COCF)OCF)(COCC(COOF)OOF)COCC(COOF)OOF)OCF. The van der Waals surface area contributed by atoms with Crippen molar-refractivity contribution in [2.45, 2.75) is 24.4 Å². The molecule has 4 atom stereocenters. The van der Waals surface area contributed by atoms with Gasteiger partial charge in [-0.3, -0.25) is 0 Å². The predicted molar refractivity (Wildman–Crippen MR) is 122 cm³/mol. The van der Waals surface area contributed by atoms with Crippen molar-refractivity contribution in [1.82, 2.24) is 0 Å². The van der Waals surface area contributed by atoms with E-state index in [9.17, 15) is 35.7 Å². The number of hydrogen-bond donors (Lipinski definition) is 0. The van der Waals surface area contributed by atoms with Crippen LogP contribution in [-0.4, -0.2) is 131 Å². The molecule has 16 nitrogen and oxygen atoms in total. The maximum absolute atomic E-state index is 12.8. The third kappa shape index (κ3) is 23.7. The van der Waals surface area contributed by atoms with Crippen LogP contribution in [0, 0.1) is 5.41 Å². The van der Waals surface area contributed by atoms with E-state index in [0.29, 0.717) is 0 Å². The average Bonchev–Trinajstić information content (AvgIpc) is 3.03. The zero-order valence-corrected chi connectivity index (χ0v) is 23.7. The van der Waals surface area contributed by atoms with E-state index < -0.39 is 137 Å². The Morgan fingerprint density at radius 3 is 1.00 bits per heavy atom. The summed E-state index contributed by atoms with van der Waals surface area (Å²) in [7, 11) is 0. The highest BCUT2D eigenvalue weighted by atomic mass is 19.3. The first kappa shape index (κ1) is 43.8. The molecule has 0 bridgehead atoms. The Morgan fingerprint density at radius 1 is 0.378 bits per heavy atom. The van der Waals surface area contributed by atoms with Gasteiger partial charge in [-0.05, 0) is 38.5 Å². The fourth-order valence-corrected chi connectivity index (χ4v) is 3.21. The second-order valence-corrected chi connectivity index (χ2v) is 8.57. The van der Waals surface area contributed by atoms with Gasteiger partial charge in [-0.25, -0.2) is 17.6 Å². The predicted octanol–water partition coefficient (Wildman–Crippen LogP) is 2.62. The fraction of sp³-hybridized carbons (Fsp3) is 1.00. The van der Waals surface area contributed by atoms with Crippen LogP contribution in [0.5, 0.6) is 0 Å². The highest BCUT2D eigenvalue weighted by molar-refractivity contribution is 4.81. The molecule has 0 aliphatic carbocycles. The van der Waals surface area contributed by atoms with E-state index in [-0.39, 0.29) is 0 Å². The lowest BCUT2D eigenvalue weighted by Crippen LogP contribution is -2.45. The minimum absolute atomic E-state index is 0.393. The van der Waals surface area contributed by atoms with E-state index in [1.807, 2.05) is 0 Å². The number of ether oxygens (including phenoxy) is 8. The molecule has 0 heterocycles. The summed E-state index contributed by atoms with van der Waals surface area (Å²) in [6.45, 7) is -10.9. The van der Waals surface area contributed by atoms with Gasteiger partial charge in [-0.15, -0.1) is 0 Å². The van der Waals surface area contributed by atoms with Gasteiger partial charge in [0.1, 0.15) is 37.6 Å². The molecule has 0 rings (SSSR count). The number of hydrogen-bond acceptors (Lipinski definition) is 16. The van der Waals surface area contributed by atoms with Crippen molar-refractivity contribution in [2.75, 3.05) is 107 Å². The Balaban J connectivity index is 5.89. The molecule has 0 aromatic carbocycles. The van der Waals surface area contributed by atoms with Crippen LogP contribution in [0.15, 0.2) is 0 Å². The lowest BCUT2D eigenvalue weighted by molar-refractivity contribution is -0.482. The van der Waals surface area contributed by atoms with Crippen LogP contribution >= 0.6 is 0 Å². The van der Waals surface area contributed by atoms with Gasteiger partial charge in [0.05, 0.1) is 71.5 Å². The normalized spacial score (nSPS) is 16.0. The molecule has 0 aliphatic heterocycles. The van der Waals surface area contributed by atoms with Crippen molar-refractivity contribution in [3.8, 4) is 0 Å². The molecule has 24 heteroatoms. The van der Waals surface area contributed by atoms with E-state index >= 15 is 0 Å². The standard InChI is InChI=1S/C21H36F8O16/c22-13-34-3-17(36-15-24)1-30-9-21(10-31-2-18(37-16-25)4-35-14-23,11-32-5-19(40-44-28)7-38-42-26)12-33-6-20(41-45-29)8-39-43-27/h17-20H,1-16H2. The molecule has 0 aromatic rings. The summed E-state index contributed by atoms with van der Waals surface area (Å²) in [5.74, 6) is 0. The van der Waals surface area contributed by atoms with Gasteiger partial charge < -0.3 is 37.9 Å². The molecule has 0 saturated carbocycles. The topological polar surface area (TPSA) is 148 Å². The summed E-state index contributed by atoms with van der Waals surface area (Å²) < 4.78 is 140. The maximum atomic E-state index is 12.8. The molecule has 0 radical (unpaired) electrons. The Bertz CT molecular complexity index is 528. The van der Waals surface area contributed by atoms with E-state index in [1.165, 1.54) is 0 Å². The first-order valence-corrected chi connectivity index (χ1v) is 12.6. The zero-order valence-electron chi connectivity index (χ0n) is 23.7. The lowest BCUT2D eigenvalue weighted by atomic mass is 9.92. The second kappa shape index (κ2) is 31.4. The van der Waals surface area contributed by atoms with Crippen LogP contribution < -0.4 is 0 Å². The maximum Gasteiger partial charge on any atom is 0.188 e. The van der Waals surface area contributed by atoms with Crippen LogP contribution in [-0.2, 0) is 77.8 Å². The highest BCUT2D eigenvalue weighted by Crippen LogP contribution is 2.22. The molecule has 0 amide bonds. The first-order chi connectivity index (χ1) is 22.0. The second-order valence-electron chi connectivity index (χ2n) is 8.57. The van der Waals surface area contributed by atoms with Gasteiger partial charge in [0.2, 0.25) is 0 Å². The molecule has 4 unspecified atom stereocenters. The number of alkyl halides is 4. The molecule has 0 saturated heterocycles. The molecule has 45 heavy (non-hydrogen) atoms. The Kier molecular flexibility index (Phi) is 30.6. The van der Waals surface area contributed by atoms with E-state index in [4.69, 9.17) is 28.4 Å². The van der Waals surface area contributed by atoms with Gasteiger partial charge in [-0.2, -0.15) is 19.6 Å². The van der Waals surface area contributed by atoms with Crippen molar-refractivity contribution < 1.29 is 113 Å². The van der Waals surface area contributed by atoms with Crippen LogP contribution in [0.3, 0.4) is 0 Å². The van der Waals surface area contributed by atoms with Crippen molar-refractivity contribution in [2.24, 2.45) is 5.41 Å². The van der Waals surface area contributed by atoms with Crippen molar-refractivity contribution in [1.29, 1.82) is 0 Å².